The van der Waals surface area contributed by atoms with Crippen molar-refractivity contribution in [1.29, 1.82) is 0 Å². The van der Waals surface area contributed by atoms with Gasteiger partial charge in [0.05, 0.1) is 4.92 Å². The van der Waals surface area contributed by atoms with Gasteiger partial charge in [0.15, 0.2) is 0 Å². The molecule has 0 radical (unpaired) electrons. The van der Waals surface area contributed by atoms with Crippen LogP contribution in [-0.4, -0.2) is 24.1 Å². The van der Waals surface area contributed by atoms with E-state index in [1.54, 1.807) is 0 Å². The predicted octanol–water partition coefficient (Wildman–Crippen LogP) is 2.70. The molecule has 0 aromatic heterocycles. The molecule has 0 saturated carbocycles. The summed E-state index contributed by atoms with van der Waals surface area (Å²) >= 11 is 0. The quantitative estimate of drug-likeness (QED) is 0.652. The maximum Gasteiger partial charge on any atom is 0.270 e. The average molecular weight is 271 g/mol. The lowest BCUT2D eigenvalue weighted by Gasteiger charge is -2.25. The zero-order valence-corrected chi connectivity index (χ0v) is 10.2. The lowest BCUT2D eigenvalue weighted by Crippen LogP contribution is -2.38. The molecular weight excluding hydrogens is 256 g/mol. The zero-order chi connectivity index (χ0) is 13.8. The second-order valence-electron chi connectivity index (χ2n) is 4.52. The normalized spacial score (nSPS) is 19.4. The van der Waals surface area contributed by atoms with Crippen LogP contribution in [0.15, 0.2) is 18.2 Å². The maximum atomic E-state index is 12.9. The van der Waals surface area contributed by atoms with Gasteiger partial charge in [-0.2, -0.15) is 0 Å². The number of nitrogens with zero attached hydrogens (tertiary/aromatic N) is 1. The highest BCUT2D eigenvalue weighted by molar-refractivity contribution is 5.57. The van der Waals surface area contributed by atoms with Crippen LogP contribution < -0.4 is 10.6 Å². The van der Waals surface area contributed by atoms with Gasteiger partial charge in [0.1, 0.15) is 0 Å². The highest BCUT2D eigenvalue weighted by Crippen LogP contribution is 2.31. The van der Waals surface area contributed by atoms with Crippen LogP contribution >= 0.6 is 0 Å². The fraction of sp³-hybridized carbons (Fsp3) is 0.500. The van der Waals surface area contributed by atoms with Gasteiger partial charge in [-0.25, -0.2) is 8.78 Å². The van der Waals surface area contributed by atoms with Gasteiger partial charge in [-0.3, -0.25) is 10.1 Å². The van der Waals surface area contributed by atoms with Crippen LogP contribution in [0.5, 0.6) is 0 Å². The number of alkyl halides is 2. The van der Waals surface area contributed by atoms with E-state index in [2.05, 4.69) is 10.6 Å². The van der Waals surface area contributed by atoms with Crippen LogP contribution in [0.1, 0.15) is 24.8 Å². The Kier molecular flexibility index (Phi) is 4.26. The minimum atomic E-state index is -2.74. The fourth-order valence-electron chi connectivity index (χ4n) is 2.17. The molecule has 0 aliphatic carbocycles. The third-order valence-corrected chi connectivity index (χ3v) is 3.14. The van der Waals surface area contributed by atoms with Crippen molar-refractivity contribution in [3.63, 3.8) is 0 Å². The van der Waals surface area contributed by atoms with E-state index in [9.17, 15) is 18.9 Å². The van der Waals surface area contributed by atoms with Gasteiger partial charge in [-0.1, -0.05) is 0 Å². The third kappa shape index (κ3) is 3.37. The second-order valence-corrected chi connectivity index (χ2v) is 4.52. The van der Waals surface area contributed by atoms with Crippen LogP contribution in [-0.2, 0) is 0 Å². The van der Waals surface area contributed by atoms with Gasteiger partial charge in [0, 0.05) is 36.0 Å². The first kappa shape index (κ1) is 13.7. The molecule has 1 aromatic rings. The van der Waals surface area contributed by atoms with Gasteiger partial charge < -0.3 is 10.6 Å². The Bertz CT molecular complexity index is 462. The van der Waals surface area contributed by atoms with E-state index in [0.29, 0.717) is 6.54 Å². The standard InChI is InChI=1S/C12H15F2N3O2/c13-12(14)10-6-9(17(18)19)3-4-11(10)16-8-2-1-5-15-7-8/h3-4,6,8,12,15-16H,1-2,5,7H2. The van der Waals surface area contributed by atoms with Crippen molar-refractivity contribution < 1.29 is 13.7 Å². The van der Waals surface area contributed by atoms with Crippen molar-refractivity contribution in [3.8, 4) is 0 Å². The van der Waals surface area contributed by atoms with Crippen molar-refractivity contribution in [3.05, 3.63) is 33.9 Å². The van der Waals surface area contributed by atoms with E-state index in [4.69, 9.17) is 0 Å². The predicted molar refractivity (Wildman–Crippen MR) is 67.6 cm³/mol. The van der Waals surface area contributed by atoms with E-state index in [1.807, 2.05) is 0 Å². The first-order valence-corrected chi connectivity index (χ1v) is 6.11. The first-order chi connectivity index (χ1) is 9.08. The molecule has 1 atom stereocenters. The Morgan fingerprint density at radius 3 is 2.84 bits per heavy atom. The monoisotopic (exact) mass is 271 g/mol. The summed E-state index contributed by atoms with van der Waals surface area (Å²) in [6, 6.07) is 3.61. The molecule has 104 valence electrons. The van der Waals surface area contributed by atoms with Gasteiger partial charge in [0.2, 0.25) is 0 Å². The van der Waals surface area contributed by atoms with Crippen molar-refractivity contribution in [2.75, 3.05) is 18.4 Å². The number of benzene rings is 1. The average Bonchev–Trinajstić information content (AvgIpc) is 2.39. The number of nitro groups is 1. The second kappa shape index (κ2) is 5.92. The number of nitro benzene ring substituents is 1. The highest BCUT2D eigenvalue weighted by Gasteiger charge is 2.20. The molecule has 19 heavy (non-hydrogen) atoms. The summed E-state index contributed by atoms with van der Waals surface area (Å²) in [5, 5.41) is 16.8. The van der Waals surface area contributed by atoms with Crippen LogP contribution in [0.2, 0.25) is 0 Å². The lowest BCUT2D eigenvalue weighted by atomic mass is 10.1. The molecule has 2 rings (SSSR count). The number of rotatable bonds is 4. The molecule has 7 heteroatoms. The number of piperidine rings is 1. The van der Waals surface area contributed by atoms with E-state index in [-0.39, 0.29) is 23.0 Å². The molecule has 5 nitrogen and oxygen atoms in total. The van der Waals surface area contributed by atoms with Crippen molar-refractivity contribution >= 4 is 11.4 Å². The Balaban J connectivity index is 2.20. The topological polar surface area (TPSA) is 67.2 Å². The van der Waals surface area contributed by atoms with Crippen LogP contribution in [0, 0.1) is 10.1 Å². The van der Waals surface area contributed by atoms with Gasteiger partial charge in [0.25, 0.3) is 12.1 Å². The SMILES string of the molecule is O=[N+]([O-])c1ccc(NC2CCCNC2)c(C(F)F)c1. The number of hydrogen-bond donors (Lipinski definition) is 2. The largest absolute Gasteiger partial charge is 0.381 e. The molecule has 0 bridgehead atoms. The summed E-state index contributed by atoms with van der Waals surface area (Å²) in [6.07, 6.45) is -0.861. The number of halogens is 2. The minimum Gasteiger partial charge on any atom is -0.381 e. The molecule has 2 N–H and O–H groups in total. The summed E-state index contributed by atoms with van der Waals surface area (Å²) < 4.78 is 25.9. The lowest BCUT2D eigenvalue weighted by molar-refractivity contribution is -0.385. The maximum absolute atomic E-state index is 12.9. The summed E-state index contributed by atoms with van der Waals surface area (Å²) in [7, 11) is 0. The van der Waals surface area contributed by atoms with E-state index < -0.39 is 11.3 Å². The van der Waals surface area contributed by atoms with Crippen LogP contribution in [0.3, 0.4) is 0 Å². The Morgan fingerprint density at radius 2 is 2.26 bits per heavy atom. The molecule has 0 spiro atoms. The van der Waals surface area contributed by atoms with Gasteiger partial charge in [-0.15, -0.1) is 0 Å². The highest BCUT2D eigenvalue weighted by atomic mass is 19.3. The Labute approximate surface area is 109 Å². The molecule has 0 amide bonds. The zero-order valence-electron chi connectivity index (χ0n) is 10.2. The summed E-state index contributed by atoms with van der Waals surface area (Å²) in [4.78, 5) is 9.94. The third-order valence-electron chi connectivity index (χ3n) is 3.14. The van der Waals surface area contributed by atoms with Gasteiger partial charge in [-0.05, 0) is 25.5 Å². The Morgan fingerprint density at radius 1 is 1.47 bits per heavy atom. The van der Waals surface area contributed by atoms with E-state index in [1.165, 1.54) is 12.1 Å². The molecule has 1 unspecified atom stereocenters. The number of hydrogen-bond acceptors (Lipinski definition) is 4. The summed E-state index contributed by atoms with van der Waals surface area (Å²) in [5.41, 5.74) is -0.364. The fourth-order valence-corrected chi connectivity index (χ4v) is 2.17. The number of anilines is 1. The number of nitrogens with one attached hydrogen (secondary N) is 2. The first-order valence-electron chi connectivity index (χ1n) is 6.11. The van der Waals surface area contributed by atoms with Crippen LogP contribution in [0.25, 0.3) is 0 Å². The summed E-state index contributed by atoms with van der Waals surface area (Å²) in [6.45, 7) is 1.64. The molecule has 1 heterocycles. The van der Waals surface area contributed by atoms with E-state index in [0.717, 1.165) is 25.5 Å². The van der Waals surface area contributed by atoms with Crippen molar-refractivity contribution in [2.24, 2.45) is 0 Å². The van der Waals surface area contributed by atoms with Crippen molar-refractivity contribution in [1.82, 2.24) is 5.32 Å². The Hall–Kier alpha value is -1.76. The smallest absolute Gasteiger partial charge is 0.270 e. The molecule has 1 aliphatic heterocycles. The van der Waals surface area contributed by atoms with Crippen LogP contribution in [0.4, 0.5) is 20.2 Å². The molecular formula is C12H15F2N3O2. The van der Waals surface area contributed by atoms with Crippen molar-refractivity contribution in [2.45, 2.75) is 25.3 Å². The molecule has 1 saturated heterocycles. The number of non-ortho nitro benzene ring substituents is 1. The minimum absolute atomic E-state index is 0.0766. The molecule has 1 aliphatic rings. The molecule has 1 fully saturated rings. The van der Waals surface area contributed by atoms with Gasteiger partial charge >= 0.3 is 0 Å². The van der Waals surface area contributed by atoms with E-state index >= 15 is 0 Å². The molecule has 1 aromatic carbocycles. The summed E-state index contributed by atoms with van der Waals surface area (Å²) in [5.74, 6) is 0.